The van der Waals surface area contributed by atoms with Crippen LogP contribution in [-0.2, 0) is 9.53 Å². The SMILES string of the molecule is CCOc1cc(-c2cc(C(=O)N3CC[C@@H](C(=O)NC4CCC(OC)(C(F)(F)F)CC4)CC34CC4)n[nH]2)c(F)cn1. The van der Waals surface area contributed by atoms with Crippen LogP contribution >= 0.6 is 0 Å². The van der Waals surface area contributed by atoms with Crippen molar-refractivity contribution in [2.24, 2.45) is 5.92 Å². The number of methoxy groups -OCH3 is 1. The van der Waals surface area contributed by atoms with Crippen molar-refractivity contribution in [2.75, 3.05) is 20.3 Å². The summed E-state index contributed by atoms with van der Waals surface area (Å²) in [4.78, 5) is 32.1. The Balaban J connectivity index is 1.20. The van der Waals surface area contributed by atoms with Gasteiger partial charge in [0.05, 0.1) is 18.5 Å². The Morgan fingerprint density at radius 1 is 1.18 bits per heavy atom. The first-order chi connectivity index (χ1) is 19.0. The average molecular weight is 568 g/mol. The molecular formula is C27H33F4N5O4. The van der Waals surface area contributed by atoms with Gasteiger partial charge in [0.15, 0.2) is 17.1 Å². The molecule has 2 amide bonds. The van der Waals surface area contributed by atoms with Gasteiger partial charge in [-0.15, -0.1) is 0 Å². The molecule has 9 nitrogen and oxygen atoms in total. The molecule has 3 heterocycles. The van der Waals surface area contributed by atoms with E-state index in [1.54, 1.807) is 11.8 Å². The number of amides is 2. The number of piperidine rings is 1. The number of aromatic amines is 1. The summed E-state index contributed by atoms with van der Waals surface area (Å²) in [5, 5.41) is 9.81. The fourth-order valence-corrected chi connectivity index (χ4v) is 6.06. The van der Waals surface area contributed by atoms with Crippen molar-refractivity contribution in [1.29, 1.82) is 0 Å². The molecule has 0 bridgehead atoms. The second kappa shape index (κ2) is 10.6. The molecule has 2 aliphatic carbocycles. The number of hydrogen-bond acceptors (Lipinski definition) is 6. The summed E-state index contributed by atoms with van der Waals surface area (Å²) < 4.78 is 65.0. The summed E-state index contributed by atoms with van der Waals surface area (Å²) in [5.74, 6) is -1.14. The third-order valence-electron chi connectivity index (χ3n) is 8.60. The Kier molecular flexibility index (Phi) is 7.53. The zero-order valence-corrected chi connectivity index (χ0v) is 22.4. The molecule has 0 unspecified atom stereocenters. The molecule has 0 radical (unpaired) electrons. The van der Waals surface area contributed by atoms with Gasteiger partial charge < -0.3 is 19.7 Å². The number of alkyl halides is 3. The predicted octanol–water partition coefficient (Wildman–Crippen LogP) is 4.40. The van der Waals surface area contributed by atoms with Crippen molar-refractivity contribution in [3.05, 3.63) is 29.8 Å². The summed E-state index contributed by atoms with van der Waals surface area (Å²) in [6, 6.07) is 2.60. The Morgan fingerprint density at radius 2 is 1.90 bits per heavy atom. The third kappa shape index (κ3) is 5.27. The summed E-state index contributed by atoms with van der Waals surface area (Å²) in [6.45, 7) is 2.51. The number of rotatable bonds is 7. The van der Waals surface area contributed by atoms with Crippen LogP contribution in [0.25, 0.3) is 11.3 Å². The van der Waals surface area contributed by atoms with Gasteiger partial charge in [0.1, 0.15) is 0 Å². The molecule has 13 heteroatoms. The van der Waals surface area contributed by atoms with E-state index in [1.807, 2.05) is 0 Å². The van der Waals surface area contributed by atoms with Crippen LogP contribution in [0.5, 0.6) is 5.88 Å². The van der Waals surface area contributed by atoms with E-state index < -0.39 is 23.1 Å². The number of halogens is 4. The number of aromatic nitrogens is 3. The van der Waals surface area contributed by atoms with E-state index in [0.717, 1.165) is 26.1 Å². The number of ether oxygens (including phenoxy) is 2. The molecular weight excluding hydrogens is 534 g/mol. The van der Waals surface area contributed by atoms with Crippen LogP contribution < -0.4 is 10.1 Å². The molecule has 5 rings (SSSR count). The summed E-state index contributed by atoms with van der Waals surface area (Å²) in [5.41, 5.74) is -1.96. The van der Waals surface area contributed by atoms with Crippen molar-refractivity contribution in [2.45, 2.75) is 81.6 Å². The highest BCUT2D eigenvalue weighted by atomic mass is 19.4. The van der Waals surface area contributed by atoms with Gasteiger partial charge in [-0.1, -0.05) is 0 Å². The normalized spacial score (nSPS) is 26.0. The quantitative estimate of drug-likeness (QED) is 0.480. The molecule has 40 heavy (non-hydrogen) atoms. The molecule has 2 saturated carbocycles. The summed E-state index contributed by atoms with van der Waals surface area (Å²) in [7, 11) is 1.08. The second-order valence-electron chi connectivity index (χ2n) is 11.0. The van der Waals surface area contributed by atoms with E-state index in [2.05, 4.69) is 20.5 Å². The number of likely N-dealkylation sites (tertiary alicyclic amines) is 1. The Labute approximate surface area is 229 Å². The van der Waals surface area contributed by atoms with Crippen LogP contribution in [0, 0.1) is 11.7 Å². The molecule has 2 aromatic rings. The van der Waals surface area contributed by atoms with Crippen molar-refractivity contribution in [1.82, 2.24) is 25.4 Å². The fraction of sp³-hybridized carbons (Fsp3) is 0.630. The van der Waals surface area contributed by atoms with Crippen molar-refractivity contribution in [3.8, 4) is 17.1 Å². The lowest BCUT2D eigenvalue weighted by Gasteiger charge is -2.42. The van der Waals surface area contributed by atoms with Crippen LogP contribution in [0.4, 0.5) is 17.6 Å². The second-order valence-corrected chi connectivity index (χ2v) is 11.0. The van der Waals surface area contributed by atoms with E-state index in [-0.39, 0.29) is 66.6 Å². The van der Waals surface area contributed by atoms with Gasteiger partial charge in [-0.25, -0.2) is 9.37 Å². The van der Waals surface area contributed by atoms with Gasteiger partial charge in [0.2, 0.25) is 11.8 Å². The minimum Gasteiger partial charge on any atom is -0.478 e. The van der Waals surface area contributed by atoms with Gasteiger partial charge in [-0.3, -0.25) is 14.7 Å². The number of pyridine rings is 1. The topological polar surface area (TPSA) is 109 Å². The highest BCUT2D eigenvalue weighted by molar-refractivity contribution is 5.94. The zero-order chi connectivity index (χ0) is 28.7. The van der Waals surface area contributed by atoms with Crippen LogP contribution in [0.3, 0.4) is 0 Å². The number of H-pyrrole nitrogens is 1. The van der Waals surface area contributed by atoms with E-state index >= 15 is 0 Å². The van der Waals surface area contributed by atoms with Crippen LogP contribution in [0.15, 0.2) is 18.3 Å². The maximum Gasteiger partial charge on any atom is 0.417 e. The lowest BCUT2D eigenvalue weighted by Crippen LogP contribution is -2.54. The van der Waals surface area contributed by atoms with Crippen LogP contribution in [0.2, 0.25) is 0 Å². The Morgan fingerprint density at radius 3 is 2.52 bits per heavy atom. The minimum atomic E-state index is -4.46. The third-order valence-corrected chi connectivity index (χ3v) is 8.60. The maximum absolute atomic E-state index is 14.4. The van der Waals surface area contributed by atoms with Crippen molar-refractivity contribution < 1.29 is 36.6 Å². The molecule has 2 N–H and O–H groups in total. The fourth-order valence-electron chi connectivity index (χ4n) is 6.06. The van der Waals surface area contributed by atoms with E-state index in [9.17, 15) is 27.2 Å². The van der Waals surface area contributed by atoms with Gasteiger partial charge >= 0.3 is 6.18 Å². The van der Waals surface area contributed by atoms with Crippen molar-refractivity contribution >= 4 is 11.8 Å². The highest BCUT2D eigenvalue weighted by Gasteiger charge is 2.57. The maximum atomic E-state index is 14.4. The van der Waals surface area contributed by atoms with Gasteiger partial charge in [-0.05, 0) is 64.4 Å². The van der Waals surface area contributed by atoms with E-state index in [4.69, 9.17) is 9.47 Å². The highest BCUT2D eigenvalue weighted by Crippen LogP contribution is 2.51. The van der Waals surface area contributed by atoms with Crippen LogP contribution in [0.1, 0.15) is 68.8 Å². The Bertz CT molecular complexity index is 1250. The first-order valence-electron chi connectivity index (χ1n) is 13.6. The van der Waals surface area contributed by atoms with Gasteiger partial charge in [0.25, 0.3) is 5.91 Å². The molecule has 218 valence electrons. The number of nitrogens with one attached hydrogen (secondary N) is 2. The van der Waals surface area contributed by atoms with Crippen LogP contribution in [-0.4, -0.2) is 75.5 Å². The standard InChI is InChI=1S/C27H33F4N5O4/c1-3-40-22-12-18(19(28)15-32-22)20-13-21(35-34-20)24(38)36-11-6-16(14-25(36)9-10-25)23(37)33-17-4-7-26(39-2,8-5-17)27(29,30)31/h12-13,15-17H,3-11,14H2,1-2H3,(H,33,37)(H,34,35)/t16-,17?,26?/m1/s1. The first kappa shape index (κ1) is 28.3. The lowest BCUT2D eigenvalue weighted by atomic mass is 9.81. The largest absolute Gasteiger partial charge is 0.478 e. The molecule has 1 saturated heterocycles. The molecule has 2 aromatic heterocycles. The average Bonchev–Trinajstić information content (AvgIpc) is 3.50. The minimum absolute atomic E-state index is 0.145. The lowest BCUT2D eigenvalue weighted by molar-refractivity contribution is -0.280. The molecule has 1 spiro atoms. The summed E-state index contributed by atoms with van der Waals surface area (Å²) >= 11 is 0. The molecule has 3 aliphatic rings. The van der Waals surface area contributed by atoms with Crippen molar-refractivity contribution in [3.63, 3.8) is 0 Å². The van der Waals surface area contributed by atoms with Gasteiger partial charge in [-0.2, -0.15) is 18.3 Å². The number of carbonyl (C=O) groups excluding carboxylic acids is 2. The molecule has 1 atom stereocenters. The number of nitrogens with zero attached hydrogens (tertiary/aromatic N) is 3. The summed E-state index contributed by atoms with van der Waals surface area (Å²) in [6.07, 6.45) is -1.00. The zero-order valence-electron chi connectivity index (χ0n) is 22.4. The molecule has 0 aromatic carbocycles. The smallest absolute Gasteiger partial charge is 0.417 e. The number of carbonyl (C=O) groups is 2. The van der Waals surface area contributed by atoms with Gasteiger partial charge in [0, 0.05) is 42.8 Å². The monoisotopic (exact) mass is 567 g/mol. The van der Waals surface area contributed by atoms with E-state index in [0.29, 0.717) is 31.7 Å². The first-order valence-corrected chi connectivity index (χ1v) is 13.6. The predicted molar refractivity (Wildman–Crippen MR) is 135 cm³/mol. The van der Waals surface area contributed by atoms with E-state index in [1.165, 1.54) is 12.1 Å². The molecule has 3 fully saturated rings. The number of hydrogen-bond donors (Lipinski definition) is 2. The molecule has 1 aliphatic heterocycles. The Hall–Kier alpha value is -3.22.